The number of hydrogen-bond acceptors (Lipinski definition) is 17. The molecule has 0 aromatic heterocycles. The number of nitrogens with one attached hydrogen (secondary N) is 2. The molecule has 4 heterocycles. The molecule has 9 atom stereocenters. The van der Waals surface area contributed by atoms with E-state index in [0.717, 1.165) is 0 Å². The van der Waals surface area contributed by atoms with Crippen molar-refractivity contribution in [3.05, 3.63) is 51.6 Å². The Balaban J connectivity index is 1.10. The number of fused-ring (bicyclic) bond motifs is 6. The van der Waals surface area contributed by atoms with Crippen molar-refractivity contribution < 1.29 is 79.0 Å². The van der Waals surface area contributed by atoms with Gasteiger partial charge in [-0.25, -0.2) is 0 Å². The Hall–Kier alpha value is -5.06. The van der Waals surface area contributed by atoms with E-state index in [1.807, 2.05) is 4.90 Å². The van der Waals surface area contributed by atoms with Gasteiger partial charge in [0.05, 0.1) is 42.1 Å². The van der Waals surface area contributed by atoms with E-state index < -0.39 is 137 Å². The number of benzene rings is 2. The molecule has 4 fully saturated rings. The SMILES string of the molecule is [3H]C1CC(=O)N(CC(=O)NCCNC(=O)[C@]2(O)Cc3c(O)c4c(c(O)c3[C@@](O)(O[C@@H]3C[C@H]5[C@H](O[C@@H]6[C@@H](OC)OCCN65)[C@H](C)O3)C2)C(=O)c2c(OC)cccc2C4=O)C1=O. The number of aliphatic hydroxyl groups is 2. The second-order valence-corrected chi connectivity index (χ2v) is 15.2. The van der Waals surface area contributed by atoms with Gasteiger partial charge >= 0.3 is 0 Å². The maximum absolute atomic E-state index is 14.1. The third kappa shape index (κ3) is 6.72. The smallest absolute Gasteiger partial charge is 0.252 e. The third-order valence-corrected chi connectivity index (χ3v) is 11.7. The molecule has 8 rings (SSSR count). The molecule has 316 valence electrons. The minimum atomic E-state index is -2.88. The Morgan fingerprint density at radius 1 is 1.00 bits per heavy atom. The highest BCUT2D eigenvalue weighted by Gasteiger charge is 2.59. The second-order valence-electron chi connectivity index (χ2n) is 15.2. The number of amides is 4. The lowest BCUT2D eigenvalue weighted by Gasteiger charge is -2.46. The molecule has 6 aliphatic rings. The molecule has 20 nitrogen and oxygen atoms in total. The number of morpholine rings is 1. The fourth-order valence-corrected chi connectivity index (χ4v) is 9.04. The molecule has 0 bridgehead atoms. The van der Waals surface area contributed by atoms with Crippen molar-refractivity contribution in [3.63, 3.8) is 0 Å². The largest absolute Gasteiger partial charge is 0.507 e. The van der Waals surface area contributed by atoms with Crippen molar-refractivity contribution in [3.8, 4) is 17.2 Å². The van der Waals surface area contributed by atoms with Gasteiger partial charge in [0.25, 0.3) is 5.91 Å². The summed E-state index contributed by atoms with van der Waals surface area (Å²) in [6, 6.07) is 3.87. The van der Waals surface area contributed by atoms with Gasteiger partial charge in [0.2, 0.25) is 29.3 Å². The first-order chi connectivity index (χ1) is 28.5. The third-order valence-electron chi connectivity index (χ3n) is 11.7. The van der Waals surface area contributed by atoms with E-state index in [0.29, 0.717) is 18.1 Å². The van der Waals surface area contributed by atoms with Crippen LogP contribution in [-0.4, -0.2) is 155 Å². The molecule has 4 aliphatic heterocycles. The first kappa shape index (κ1) is 39.4. The first-order valence-corrected chi connectivity index (χ1v) is 19.0. The molecule has 0 radical (unpaired) electrons. The van der Waals surface area contributed by atoms with Gasteiger partial charge in [-0.2, -0.15) is 0 Å². The molecule has 2 aliphatic carbocycles. The van der Waals surface area contributed by atoms with E-state index in [9.17, 15) is 49.2 Å². The van der Waals surface area contributed by atoms with Crippen LogP contribution in [0.4, 0.5) is 0 Å². The van der Waals surface area contributed by atoms with E-state index in [2.05, 4.69) is 10.6 Å². The Bertz CT molecular complexity index is 2190. The number of carbonyl (C=O) groups excluding carboxylic acids is 6. The van der Waals surface area contributed by atoms with Crippen LogP contribution in [0.15, 0.2) is 18.2 Å². The molecular formula is C39H44N4O16. The number of ether oxygens (including phenoxy) is 6. The number of methoxy groups -OCH3 is 2. The van der Waals surface area contributed by atoms with Gasteiger partial charge in [0, 0.05) is 77.4 Å². The molecule has 2 aromatic rings. The molecule has 6 N–H and O–H groups in total. The van der Waals surface area contributed by atoms with Crippen LogP contribution in [0.5, 0.6) is 17.2 Å². The van der Waals surface area contributed by atoms with E-state index in [1.54, 1.807) is 6.92 Å². The molecule has 0 spiro atoms. The van der Waals surface area contributed by atoms with Crippen molar-refractivity contribution in [2.75, 3.05) is 47.0 Å². The van der Waals surface area contributed by atoms with Crippen LogP contribution < -0.4 is 15.4 Å². The Morgan fingerprint density at radius 3 is 2.46 bits per heavy atom. The van der Waals surface area contributed by atoms with Gasteiger partial charge in [0.1, 0.15) is 29.9 Å². The summed E-state index contributed by atoms with van der Waals surface area (Å²) in [5, 5.41) is 53.5. The highest BCUT2D eigenvalue weighted by molar-refractivity contribution is 6.31. The van der Waals surface area contributed by atoms with E-state index in [1.165, 1.54) is 32.4 Å². The van der Waals surface area contributed by atoms with Crippen molar-refractivity contribution in [1.29, 1.82) is 0 Å². The van der Waals surface area contributed by atoms with E-state index in [-0.39, 0.29) is 48.8 Å². The minimum Gasteiger partial charge on any atom is -0.507 e. The standard InChI is InChI=1S/C39H44N4O16/c1-17-34-20(42-11-12-56-36(55-3)35(42)58-34)13-25(57-17)59-39(53)16-38(52,37(51)41-10-9-40-22(44)15-43-23(45)7-8-24(43)46)14-19-29(39)33(50)28-27(31(19)48)30(47)18-5-4-6-21(54-2)26(18)32(28)49/h4-6,17,20,25,34-36,48,50,52-53H,7-16H2,1-3H3,(H,40,44)(H,41,51)/t17-,20-,25+,34+,35+,36-,38-,39-/m0/s1/i7T/t7?,17-,20-,25+,34+,35+,36-,38-,39-. The average Bonchev–Trinajstić information content (AvgIpc) is 3.70. The summed E-state index contributed by atoms with van der Waals surface area (Å²) in [6.45, 7) is 1.31. The molecule has 1 unspecified atom stereocenters. The number of imide groups is 1. The summed E-state index contributed by atoms with van der Waals surface area (Å²) in [5.41, 5.74) is -5.29. The normalized spacial score (nSPS) is 32.7. The van der Waals surface area contributed by atoms with Gasteiger partial charge in [-0.3, -0.25) is 38.6 Å². The van der Waals surface area contributed by atoms with Gasteiger partial charge in [-0.15, -0.1) is 0 Å². The molecule has 20 heteroatoms. The summed E-state index contributed by atoms with van der Waals surface area (Å²) in [7, 11) is 2.77. The molecular weight excluding hydrogens is 780 g/mol. The van der Waals surface area contributed by atoms with E-state index >= 15 is 0 Å². The highest BCUT2D eigenvalue weighted by atomic mass is 16.8. The Labute approximate surface area is 337 Å². The second kappa shape index (κ2) is 15.2. The predicted molar refractivity (Wildman–Crippen MR) is 195 cm³/mol. The topological polar surface area (TPSA) is 269 Å². The van der Waals surface area contributed by atoms with Crippen LogP contribution in [0.2, 0.25) is 0 Å². The summed E-state index contributed by atoms with van der Waals surface area (Å²) in [6.07, 6.45) is -7.10. The van der Waals surface area contributed by atoms with Crippen molar-refractivity contribution in [1.82, 2.24) is 20.4 Å². The number of nitrogens with zero attached hydrogens (tertiary/aromatic N) is 2. The van der Waals surface area contributed by atoms with Crippen LogP contribution in [0.25, 0.3) is 0 Å². The summed E-state index contributed by atoms with van der Waals surface area (Å²) >= 11 is 0. The zero-order chi connectivity index (χ0) is 43.0. The maximum atomic E-state index is 14.1. The number of likely N-dealkylation sites (tertiary alicyclic amines) is 1. The number of phenols is 2. The number of hydrogen-bond donors (Lipinski definition) is 6. The predicted octanol–water partition coefficient (Wildman–Crippen LogP) is -1.36. The van der Waals surface area contributed by atoms with Gasteiger partial charge in [-0.05, 0) is 13.0 Å². The number of phenolic OH excluding ortho intramolecular Hbond substituents is 2. The lowest BCUT2D eigenvalue weighted by Crippen LogP contribution is -2.59. The molecule has 2 aromatic carbocycles. The fourth-order valence-electron chi connectivity index (χ4n) is 9.04. The number of aromatic hydroxyl groups is 2. The lowest BCUT2D eigenvalue weighted by atomic mass is 9.71. The summed E-state index contributed by atoms with van der Waals surface area (Å²) < 4.78 is 42.8. The van der Waals surface area contributed by atoms with Gasteiger partial charge < -0.3 is 59.5 Å². The Kier molecular flexibility index (Phi) is 10.2. The molecule has 59 heavy (non-hydrogen) atoms. The Morgan fingerprint density at radius 2 is 1.75 bits per heavy atom. The highest BCUT2D eigenvalue weighted by Crippen LogP contribution is 2.54. The number of ketones is 2. The van der Waals surface area contributed by atoms with Crippen LogP contribution in [0.1, 0.15) is 76.9 Å². The van der Waals surface area contributed by atoms with Crippen LogP contribution >= 0.6 is 0 Å². The molecule has 4 amide bonds. The minimum absolute atomic E-state index is 0.0106. The van der Waals surface area contributed by atoms with Crippen LogP contribution in [-0.2, 0) is 55.1 Å². The van der Waals surface area contributed by atoms with E-state index in [4.69, 9.17) is 29.8 Å². The first-order valence-electron chi connectivity index (χ1n) is 19.6. The number of rotatable bonds is 10. The summed E-state index contributed by atoms with van der Waals surface area (Å²) in [4.78, 5) is 81.3. The van der Waals surface area contributed by atoms with Crippen LogP contribution in [0, 0.1) is 0 Å². The zero-order valence-electron chi connectivity index (χ0n) is 33.2. The summed E-state index contributed by atoms with van der Waals surface area (Å²) in [5.74, 6) is -9.84. The lowest BCUT2D eigenvalue weighted by molar-refractivity contribution is -0.339. The fraction of sp³-hybridized carbons (Fsp3) is 0.538. The molecule has 4 saturated heterocycles. The van der Waals surface area contributed by atoms with Crippen molar-refractivity contribution in [2.24, 2.45) is 0 Å². The van der Waals surface area contributed by atoms with Gasteiger partial charge in [-0.1, -0.05) is 12.1 Å². The van der Waals surface area contributed by atoms with Crippen molar-refractivity contribution in [2.45, 2.75) is 87.4 Å². The monoisotopic (exact) mass is 826 g/mol. The quantitative estimate of drug-likeness (QED) is 0.0596. The van der Waals surface area contributed by atoms with Gasteiger partial charge in [0.15, 0.2) is 30.2 Å². The number of carbonyl (C=O) groups is 6. The van der Waals surface area contributed by atoms with Crippen LogP contribution in [0.3, 0.4) is 0 Å². The molecule has 0 saturated carbocycles. The average molecular weight is 827 g/mol. The zero-order valence-corrected chi connectivity index (χ0v) is 32.2. The van der Waals surface area contributed by atoms with Crippen molar-refractivity contribution >= 4 is 35.2 Å². The maximum Gasteiger partial charge on any atom is 0.252 e.